The summed E-state index contributed by atoms with van der Waals surface area (Å²) in [4.78, 5) is 25.6. The van der Waals surface area contributed by atoms with Crippen LogP contribution in [0.1, 0.15) is 65.7 Å². The predicted octanol–water partition coefficient (Wildman–Crippen LogP) is 3.59. The molecule has 2 aliphatic carbocycles. The van der Waals surface area contributed by atoms with Crippen molar-refractivity contribution >= 4 is 11.8 Å². The first-order valence-corrected chi connectivity index (χ1v) is 9.45. The Morgan fingerprint density at radius 3 is 2.56 bits per heavy atom. The second kappa shape index (κ2) is 6.85. The van der Waals surface area contributed by atoms with Gasteiger partial charge in [-0.15, -0.1) is 0 Å². The van der Waals surface area contributed by atoms with Crippen LogP contribution in [0.3, 0.4) is 0 Å². The molecular weight excluding hydrogens is 318 g/mol. The molecule has 2 N–H and O–H groups in total. The molecule has 1 aliphatic heterocycles. The van der Waals surface area contributed by atoms with E-state index in [-0.39, 0.29) is 35.5 Å². The Balaban J connectivity index is 2.05. The van der Waals surface area contributed by atoms with E-state index in [0.717, 1.165) is 25.7 Å². The van der Waals surface area contributed by atoms with E-state index in [1.165, 1.54) is 6.42 Å². The lowest BCUT2D eigenvalue weighted by Crippen LogP contribution is -2.39. The monoisotopic (exact) mass is 347 g/mol. The molecule has 0 aromatic rings. The fraction of sp³-hybridized carbons (Fsp3) is 0.700. The fourth-order valence-corrected chi connectivity index (χ4v) is 4.58. The smallest absolute Gasteiger partial charge is 0.340 e. The van der Waals surface area contributed by atoms with Crippen molar-refractivity contribution in [1.29, 1.82) is 0 Å². The Hall–Kier alpha value is -1.78. The van der Waals surface area contributed by atoms with E-state index in [2.05, 4.69) is 13.8 Å². The summed E-state index contributed by atoms with van der Waals surface area (Å²) in [7, 11) is 0. The molecule has 1 saturated carbocycles. The van der Waals surface area contributed by atoms with Crippen LogP contribution in [0.5, 0.6) is 0 Å². The van der Waals surface area contributed by atoms with Crippen LogP contribution in [-0.4, -0.2) is 18.4 Å². The Morgan fingerprint density at radius 1 is 1.24 bits per heavy atom. The zero-order chi connectivity index (χ0) is 18.2. The van der Waals surface area contributed by atoms with Gasteiger partial charge in [0.1, 0.15) is 11.3 Å². The number of rotatable bonds is 3. The minimum Gasteiger partial charge on any atom is -0.462 e. The highest BCUT2D eigenvalue weighted by molar-refractivity contribution is 6.02. The molecule has 0 unspecified atom stereocenters. The number of hydrogen-bond acceptors (Lipinski definition) is 5. The highest BCUT2D eigenvalue weighted by atomic mass is 16.5. The van der Waals surface area contributed by atoms with E-state index in [1.807, 2.05) is 0 Å². The van der Waals surface area contributed by atoms with Gasteiger partial charge in [0.05, 0.1) is 6.61 Å². The topological polar surface area (TPSA) is 78.6 Å². The normalized spacial score (nSPS) is 27.0. The van der Waals surface area contributed by atoms with Crippen LogP contribution in [0.4, 0.5) is 0 Å². The lowest BCUT2D eigenvalue weighted by molar-refractivity contribution is -0.139. The third kappa shape index (κ3) is 3.46. The van der Waals surface area contributed by atoms with E-state index in [0.29, 0.717) is 29.7 Å². The maximum absolute atomic E-state index is 13.0. The molecule has 3 aliphatic rings. The first-order valence-electron chi connectivity index (χ1n) is 9.45. The van der Waals surface area contributed by atoms with E-state index in [9.17, 15) is 9.59 Å². The van der Waals surface area contributed by atoms with E-state index >= 15 is 0 Å². The molecular formula is C20H29NO4. The summed E-state index contributed by atoms with van der Waals surface area (Å²) in [6, 6.07) is 0. The van der Waals surface area contributed by atoms with Gasteiger partial charge in [0.2, 0.25) is 5.88 Å². The quantitative estimate of drug-likeness (QED) is 0.789. The molecule has 25 heavy (non-hydrogen) atoms. The van der Waals surface area contributed by atoms with Crippen LogP contribution in [0.15, 0.2) is 22.8 Å². The predicted molar refractivity (Wildman–Crippen MR) is 94.0 cm³/mol. The Kier molecular flexibility index (Phi) is 4.94. The molecule has 3 rings (SSSR count). The fourth-order valence-electron chi connectivity index (χ4n) is 4.58. The summed E-state index contributed by atoms with van der Waals surface area (Å²) in [5, 5.41) is 0. The first kappa shape index (κ1) is 18.0. The minimum absolute atomic E-state index is 0.0936. The number of hydrogen-bond donors (Lipinski definition) is 1. The van der Waals surface area contributed by atoms with E-state index in [1.54, 1.807) is 6.92 Å². The molecule has 0 saturated heterocycles. The van der Waals surface area contributed by atoms with Crippen molar-refractivity contribution in [2.45, 2.75) is 65.7 Å². The molecule has 1 heterocycles. The summed E-state index contributed by atoms with van der Waals surface area (Å²) in [5.74, 6) is 0.425. The first-order chi connectivity index (χ1) is 11.8. The molecule has 0 bridgehead atoms. The second-order valence-electron chi connectivity index (χ2n) is 8.25. The minimum atomic E-state index is -0.445. The molecule has 0 aromatic heterocycles. The largest absolute Gasteiger partial charge is 0.462 e. The number of allylic oxidation sites excluding steroid dienone is 2. The van der Waals surface area contributed by atoms with Crippen LogP contribution in [0, 0.1) is 17.3 Å². The summed E-state index contributed by atoms with van der Waals surface area (Å²) in [5.41, 5.74) is 7.06. The van der Waals surface area contributed by atoms with Crippen molar-refractivity contribution in [1.82, 2.24) is 0 Å². The molecule has 0 aromatic carbocycles. The number of nitrogens with two attached hydrogens (primary N) is 1. The third-order valence-electron chi connectivity index (χ3n) is 5.62. The lowest BCUT2D eigenvalue weighted by atomic mass is 9.66. The molecule has 138 valence electrons. The Labute approximate surface area is 149 Å². The number of ketones is 1. The van der Waals surface area contributed by atoms with Crippen molar-refractivity contribution in [3.05, 3.63) is 22.8 Å². The standard InChI is InChI=1S/C20H29NO4/c1-4-24-19(23)17-15(12-8-6-5-7-9-12)16-13(22)10-20(2,3)11-14(16)25-18(17)21/h12,15H,4-11,21H2,1-3H3/t15-/m1/s1. The van der Waals surface area contributed by atoms with Gasteiger partial charge < -0.3 is 15.2 Å². The molecule has 1 fully saturated rings. The summed E-state index contributed by atoms with van der Waals surface area (Å²) in [6.45, 7) is 6.18. The van der Waals surface area contributed by atoms with Crippen LogP contribution >= 0.6 is 0 Å². The van der Waals surface area contributed by atoms with Gasteiger partial charge in [0, 0.05) is 24.3 Å². The van der Waals surface area contributed by atoms with Crippen molar-refractivity contribution < 1.29 is 19.1 Å². The highest BCUT2D eigenvalue weighted by Gasteiger charge is 2.47. The van der Waals surface area contributed by atoms with Crippen LogP contribution in [0.25, 0.3) is 0 Å². The summed E-state index contributed by atoms with van der Waals surface area (Å²) >= 11 is 0. The SMILES string of the molecule is CCOC(=O)C1=C(N)OC2=C(C(=O)CC(C)(C)C2)[C@H]1C1CCCCC1. The van der Waals surface area contributed by atoms with Crippen LogP contribution in [-0.2, 0) is 19.1 Å². The van der Waals surface area contributed by atoms with E-state index in [4.69, 9.17) is 15.2 Å². The molecule has 0 spiro atoms. The highest BCUT2D eigenvalue weighted by Crippen LogP contribution is 2.49. The Bertz CT molecular complexity index is 638. The van der Waals surface area contributed by atoms with Gasteiger partial charge in [-0.2, -0.15) is 0 Å². The zero-order valence-corrected chi connectivity index (χ0v) is 15.5. The second-order valence-corrected chi connectivity index (χ2v) is 8.25. The van der Waals surface area contributed by atoms with Gasteiger partial charge in [-0.3, -0.25) is 4.79 Å². The van der Waals surface area contributed by atoms with E-state index < -0.39 is 5.97 Å². The van der Waals surface area contributed by atoms with Gasteiger partial charge in [-0.05, 0) is 31.1 Å². The maximum atomic E-state index is 13.0. The van der Waals surface area contributed by atoms with Gasteiger partial charge >= 0.3 is 5.97 Å². The number of esters is 1. The van der Waals surface area contributed by atoms with Crippen molar-refractivity contribution in [2.24, 2.45) is 23.0 Å². The third-order valence-corrected chi connectivity index (χ3v) is 5.62. The molecule has 0 radical (unpaired) electrons. The molecule has 5 heteroatoms. The van der Waals surface area contributed by atoms with Gasteiger partial charge in [0.25, 0.3) is 0 Å². The van der Waals surface area contributed by atoms with Crippen molar-refractivity contribution in [2.75, 3.05) is 6.61 Å². The van der Waals surface area contributed by atoms with Crippen molar-refractivity contribution in [3.8, 4) is 0 Å². The average Bonchev–Trinajstić information content (AvgIpc) is 2.53. The van der Waals surface area contributed by atoms with Gasteiger partial charge in [-0.25, -0.2) is 4.79 Å². The number of Topliss-reactive ketones (excluding diaryl/α,β-unsaturated/α-hetero) is 1. The molecule has 1 atom stereocenters. The van der Waals surface area contributed by atoms with Crippen molar-refractivity contribution in [3.63, 3.8) is 0 Å². The molecule has 0 amide bonds. The average molecular weight is 347 g/mol. The summed E-state index contributed by atoms with van der Waals surface area (Å²) < 4.78 is 11.1. The Morgan fingerprint density at radius 2 is 1.92 bits per heavy atom. The van der Waals surface area contributed by atoms with Gasteiger partial charge in [-0.1, -0.05) is 33.1 Å². The molecule has 5 nitrogen and oxygen atoms in total. The van der Waals surface area contributed by atoms with Crippen LogP contribution < -0.4 is 5.73 Å². The zero-order valence-electron chi connectivity index (χ0n) is 15.5. The number of ether oxygens (including phenoxy) is 2. The lowest BCUT2D eigenvalue weighted by Gasteiger charge is -2.41. The summed E-state index contributed by atoms with van der Waals surface area (Å²) in [6.07, 6.45) is 6.63. The maximum Gasteiger partial charge on any atom is 0.340 e. The van der Waals surface area contributed by atoms with Gasteiger partial charge in [0.15, 0.2) is 5.78 Å². The number of carbonyl (C=O) groups is 2. The van der Waals surface area contributed by atoms with Crippen LogP contribution in [0.2, 0.25) is 0 Å². The number of carbonyl (C=O) groups excluding carboxylic acids is 2.